The Morgan fingerprint density at radius 1 is 1.33 bits per heavy atom. The van der Waals surface area contributed by atoms with Gasteiger partial charge >= 0.3 is 0 Å². The summed E-state index contributed by atoms with van der Waals surface area (Å²) in [5.74, 6) is 1.32. The molecule has 142 valence electrons. The zero-order valence-electron chi connectivity index (χ0n) is 14.5. The van der Waals surface area contributed by atoms with Gasteiger partial charge < -0.3 is 9.64 Å². The number of unbranched alkanes of at least 4 members (excludes halogenated alkanes) is 2. The van der Waals surface area contributed by atoms with Crippen LogP contribution in [0, 0.1) is 0 Å². The maximum absolute atomic E-state index is 11.8. The van der Waals surface area contributed by atoms with Crippen LogP contribution >= 0.6 is 46.6 Å². The molecule has 0 spiro atoms. The van der Waals surface area contributed by atoms with Crippen LogP contribution in [-0.2, 0) is 4.74 Å². The molecule has 0 aromatic carbocycles. The van der Waals surface area contributed by atoms with Crippen molar-refractivity contribution in [3.63, 3.8) is 0 Å². The highest BCUT2D eigenvalue weighted by molar-refractivity contribution is 8.77. The molecular formula is C16H31ClN2O2S3. The molecule has 8 heteroatoms. The fourth-order valence-electron chi connectivity index (χ4n) is 3.13. The van der Waals surface area contributed by atoms with E-state index in [9.17, 15) is 4.79 Å². The van der Waals surface area contributed by atoms with E-state index in [1.54, 1.807) is 0 Å². The molecule has 24 heavy (non-hydrogen) atoms. The Labute approximate surface area is 166 Å². The molecule has 0 aromatic heterocycles. The summed E-state index contributed by atoms with van der Waals surface area (Å²) in [6, 6.07) is 0.377. The molecule has 2 unspecified atom stereocenters. The maximum atomic E-state index is 11.8. The highest BCUT2D eigenvalue weighted by Gasteiger charge is 2.21. The Balaban J connectivity index is 0.00000288. The van der Waals surface area contributed by atoms with Crippen molar-refractivity contribution in [3.8, 4) is 0 Å². The number of hydrogen-bond donors (Lipinski definition) is 1. The number of thiol groups is 1. The highest BCUT2D eigenvalue weighted by Crippen LogP contribution is 2.39. The highest BCUT2D eigenvalue weighted by atomic mass is 35.5. The number of halogens is 1. The third-order valence-corrected chi connectivity index (χ3v) is 7.90. The van der Waals surface area contributed by atoms with Gasteiger partial charge in [0.25, 0.3) is 5.24 Å². The number of nitrogens with zero attached hydrogens (tertiary/aromatic N) is 2. The molecule has 0 saturated carbocycles. The van der Waals surface area contributed by atoms with Crippen molar-refractivity contribution in [3.05, 3.63) is 0 Å². The number of amides is 1. The van der Waals surface area contributed by atoms with E-state index in [1.165, 1.54) is 31.4 Å². The minimum Gasteiger partial charge on any atom is -0.379 e. The first-order valence-electron chi connectivity index (χ1n) is 8.74. The molecule has 0 aromatic rings. The van der Waals surface area contributed by atoms with Gasteiger partial charge in [-0.1, -0.05) is 47.1 Å². The number of ether oxygens (including phenoxy) is 1. The summed E-state index contributed by atoms with van der Waals surface area (Å²) in [5.41, 5.74) is 0. The summed E-state index contributed by atoms with van der Waals surface area (Å²) >= 11 is 4.07. The minimum atomic E-state index is -0.0899. The predicted octanol–water partition coefficient (Wildman–Crippen LogP) is 4.19. The summed E-state index contributed by atoms with van der Waals surface area (Å²) < 4.78 is 5.40. The van der Waals surface area contributed by atoms with Gasteiger partial charge in [0.05, 0.1) is 13.2 Å². The first-order valence-corrected chi connectivity index (χ1v) is 11.6. The molecule has 2 rings (SSSR count). The second-order valence-electron chi connectivity index (χ2n) is 6.40. The monoisotopic (exact) mass is 414 g/mol. The van der Waals surface area contributed by atoms with E-state index in [1.807, 2.05) is 15.7 Å². The molecule has 0 N–H and O–H groups in total. The molecule has 2 saturated heterocycles. The lowest BCUT2D eigenvalue weighted by molar-refractivity contribution is 0.0155. The van der Waals surface area contributed by atoms with Crippen LogP contribution in [0.25, 0.3) is 0 Å². The van der Waals surface area contributed by atoms with Crippen molar-refractivity contribution in [1.82, 2.24) is 9.80 Å². The zero-order chi connectivity index (χ0) is 16.5. The van der Waals surface area contributed by atoms with Crippen molar-refractivity contribution in [2.24, 2.45) is 0 Å². The summed E-state index contributed by atoms with van der Waals surface area (Å²) in [6.45, 7) is 7.35. The van der Waals surface area contributed by atoms with Crippen LogP contribution in [0.5, 0.6) is 0 Å². The summed E-state index contributed by atoms with van der Waals surface area (Å²) in [7, 11) is 4.08. The van der Waals surface area contributed by atoms with Gasteiger partial charge in [-0.25, -0.2) is 0 Å². The Morgan fingerprint density at radius 3 is 2.71 bits per heavy atom. The second kappa shape index (κ2) is 13.0. The van der Waals surface area contributed by atoms with E-state index in [4.69, 9.17) is 4.74 Å². The lowest BCUT2D eigenvalue weighted by Crippen LogP contribution is -2.48. The summed E-state index contributed by atoms with van der Waals surface area (Å²) in [4.78, 5) is 16.1. The molecule has 2 aliphatic rings. The predicted molar refractivity (Wildman–Crippen MR) is 112 cm³/mol. The Kier molecular flexibility index (Phi) is 12.3. The van der Waals surface area contributed by atoms with Crippen molar-refractivity contribution < 1.29 is 9.53 Å². The summed E-state index contributed by atoms with van der Waals surface area (Å²) in [5, 5.41) is 0.775. The van der Waals surface area contributed by atoms with E-state index < -0.39 is 0 Å². The van der Waals surface area contributed by atoms with Crippen LogP contribution in [-0.4, -0.2) is 71.5 Å². The molecule has 0 radical (unpaired) electrons. The van der Waals surface area contributed by atoms with Crippen LogP contribution in [0.1, 0.15) is 39.0 Å². The lowest BCUT2D eigenvalue weighted by atomic mass is 10.1. The Hall–Kier alpha value is 0.730. The normalized spacial score (nSPS) is 22.8. The molecule has 1 amide bonds. The smallest absolute Gasteiger partial charge is 0.278 e. The Bertz CT molecular complexity index is 354. The van der Waals surface area contributed by atoms with Crippen LogP contribution in [0.4, 0.5) is 4.79 Å². The average molecular weight is 415 g/mol. The van der Waals surface area contributed by atoms with Gasteiger partial charge in [-0.2, -0.15) is 0 Å². The third kappa shape index (κ3) is 8.41. The Morgan fingerprint density at radius 2 is 2.08 bits per heavy atom. The number of carbonyl (C=O) groups is 1. The van der Waals surface area contributed by atoms with Crippen molar-refractivity contribution in [2.75, 3.05) is 45.1 Å². The van der Waals surface area contributed by atoms with Crippen molar-refractivity contribution in [2.45, 2.75) is 50.3 Å². The van der Waals surface area contributed by atoms with Crippen molar-refractivity contribution >= 4 is 51.9 Å². The number of carbonyl (C=O) groups excluding carboxylic acids is 1. The van der Waals surface area contributed by atoms with Gasteiger partial charge in [0.15, 0.2) is 0 Å². The number of morpholine rings is 1. The zero-order valence-corrected chi connectivity index (χ0v) is 17.9. The van der Waals surface area contributed by atoms with Crippen molar-refractivity contribution in [1.29, 1.82) is 0 Å². The average Bonchev–Trinajstić information content (AvgIpc) is 3.07. The fraction of sp³-hybridized carbons (Fsp3) is 0.938. The van der Waals surface area contributed by atoms with E-state index in [0.29, 0.717) is 6.04 Å². The lowest BCUT2D eigenvalue weighted by Gasteiger charge is -2.35. The quantitative estimate of drug-likeness (QED) is 0.347. The van der Waals surface area contributed by atoms with Crippen LogP contribution in [0.3, 0.4) is 0 Å². The molecule has 2 fully saturated rings. The van der Waals surface area contributed by atoms with E-state index >= 15 is 0 Å². The molecule has 2 heterocycles. The van der Waals surface area contributed by atoms with Gasteiger partial charge in [0, 0.05) is 43.2 Å². The first kappa shape index (κ1) is 22.8. The van der Waals surface area contributed by atoms with Crippen LogP contribution < -0.4 is 0 Å². The van der Waals surface area contributed by atoms with Gasteiger partial charge in [0.2, 0.25) is 0 Å². The van der Waals surface area contributed by atoms with Gasteiger partial charge in [0.1, 0.15) is 0 Å². The largest absolute Gasteiger partial charge is 0.379 e. The molecular weight excluding hydrogens is 384 g/mol. The van der Waals surface area contributed by atoms with Gasteiger partial charge in [-0.3, -0.25) is 9.69 Å². The van der Waals surface area contributed by atoms with E-state index in [0.717, 1.165) is 51.1 Å². The summed E-state index contributed by atoms with van der Waals surface area (Å²) in [6.07, 6.45) is 6.29. The molecule has 2 aliphatic heterocycles. The van der Waals surface area contributed by atoms with Gasteiger partial charge in [-0.05, 0) is 26.2 Å². The fourth-order valence-corrected chi connectivity index (χ4v) is 6.34. The number of hydrogen-bond acceptors (Lipinski definition) is 5. The second-order valence-corrected chi connectivity index (χ2v) is 9.57. The minimum absolute atomic E-state index is 0. The standard InChI is InChI=1S/C16H30N2O2S3.ClH/c1-14(17-8-10-20-11-9-17)13-18(16(19)21)7-4-2-3-5-15-6-12-22-23-15;/h14-15H,2-13H2,1H3,(H,19,21);1H. The molecule has 2 atom stereocenters. The molecule has 4 nitrogen and oxygen atoms in total. The van der Waals surface area contributed by atoms with E-state index in [2.05, 4.69) is 35.2 Å². The van der Waals surface area contributed by atoms with E-state index in [-0.39, 0.29) is 17.6 Å². The van der Waals surface area contributed by atoms with Crippen LogP contribution in [0.15, 0.2) is 0 Å². The number of rotatable bonds is 9. The first-order chi connectivity index (χ1) is 11.2. The third-order valence-electron chi connectivity index (χ3n) is 4.61. The van der Waals surface area contributed by atoms with Crippen LogP contribution in [0.2, 0.25) is 0 Å². The molecule has 0 bridgehead atoms. The SMILES string of the molecule is CC(CN(CCCCCC1CCSS1)C(=O)S)N1CCOCC1.Cl. The van der Waals surface area contributed by atoms with Gasteiger partial charge in [-0.15, -0.1) is 12.4 Å². The maximum Gasteiger partial charge on any atom is 0.278 e. The molecule has 0 aliphatic carbocycles. The topological polar surface area (TPSA) is 32.8 Å².